The molecule has 0 unspecified atom stereocenters. The maximum Gasteiger partial charge on any atom is 0.274 e. The van der Waals surface area contributed by atoms with Crippen LogP contribution in [0.15, 0.2) is 36.4 Å². The molecule has 1 aromatic heterocycles. The molecule has 0 bridgehead atoms. The molecule has 27 heavy (non-hydrogen) atoms. The van der Waals surface area contributed by atoms with Crippen molar-refractivity contribution in [1.82, 2.24) is 9.88 Å². The van der Waals surface area contributed by atoms with Gasteiger partial charge in [0.15, 0.2) is 5.82 Å². The maximum absolute atomic E-state index is 13.7. The molecule has 1 saturated heterocycles. The second kappa shape index (κ2) is 7.19. The maximum atomic E-state index is 13.7. The molecule has 4 rings (SSSR count). The minimum absolute atomic E-state index is 0.0975. The molecule has 3 aromatic rings. The van der Waals surface area contributed by atoms with E-state index in [1.807, 2.05) is 0 Å². The molecule has 1 fully saturated rings. The lowest BCUT2D eigenvalue weighted by Crippen LogP contribution is -2.41. The SMILES string of the molecule is O=C(c1ccc(F)cc1)N1CCC(Oc2nc3c(F)cc(F)cc3s2)CC1. The van der Waals surface area contributed by atoms with E-state index in [-0.39, 0.29) is 28.5 Å². The first-order valence-corrected chi connectivity index (χ1v) is 9.28. The first-order valence-electron chi connectivity index (χ1n) is 8.46. The fraction of sp³-hybridized carbons (Fsp3) is 0.263. The number of carbonyl (C=O) groups excluding carboxylic acids is 1. The number of hydrogen-bond acceptors (Lipinski definition) is 4. The average molecular weight is 392 g/mol. The quantitative estimate of drug-likeness (QED) is 0.664. The van der Waals surface area contributed by atoms with Gasteiger partial charge in [-0.15, -0.1) is 0 Å². The monoisotopic (exact) mass is 392 g/mol. The van der Waals surface area contributed by atoms with Crippen LogP contribution in [0.3, 0.4) is 0 Å². The topological polar surface area (TPSA) is 42.4 Å². The first kappa shape index (κ1) is 17.8. The highest BCUT2D eigenvalue weighted by molar-refractivity contribution is 7.20. The van der Waals surface area contributed by atoms with Crippen molar-refractivity contribution in [3.63, 3.8) is 0 Å². The second-order valence-corrected chi connectivity index (χ2v) is 7.32. The summed E-state index contributed by atoms with van der Waals surface area (Å²) in [5.74, 6) is -1.89. The lowest BCUT2D eigenvalue weighted by atomic mass is 10.1. The lowest BCUT2D eigenvalue weighted by Gasteiger charge is -2.31. The summed E-state index contributed by atoms with van der Waals surface area (Å²) in [6, 6.07) is 7.48. The Kier molecular flexibility index (Phi) is 4.73. The van der Waals surface area contributed by atoms with Gasteiger partial charge in [0.05, 0.1) is 4.70 Å². The molecule has 0 aliphatic carbocycles. The van der Waals surface area contributed by atoms with Crippen molar-refractivity contribution in [1.29, 1.82) is 0 Å². The Balaban J connectivity index is 1.39. The number of benzene rings is 2. The molecule has 2 heterocycles. The third kappa shape index (κ3) is 3.75. The van der Waals surface area contributed by atoms with E-state index < -0.39 is 11.6 Å². The van der Waals surface area contributed by atoms with E-state index in [0.29, 0.717) is 36.2 Å². The molecule has 140 valence electrons. The van der Waals surface area contributed by atoms with E-state index in [4.69, 9.17) is 4.74 Å². The van der Waals surface area contributed by atoms with Gasteiger partial charge >= 0.3 is 0 Å². The van der Waals surface area contributed by atoms with E-state index in [1.54, 1.807) is 4.90 Å². The summed E-state index contributed by atoms with van der Waals surface area (Å²) in [6.07, 6.45) is 1.04. The summed E-state index contributed by atoms with van der Waals surface area (Å²) in [5.41, 5.74) is 0.541. The van der Waals surface area contributed by atoms with Gasteiger partial charge in [0.25, 0.3) is 11.1 Å². The zero-order chi connectivity index (χ0) is 19.0. The van der Waals surface area contributed by atoms with Gasteiger partial charge in [-0.05, 0) is 30.3 Å². The van der Waals surface area contributed by atoms with Crippen LogP contribution in [0.1, 0.15) is 23.2 Å². The highest BCUT2D eigenvalue weighted by atomic mass is 32.1. The zero-order valence-corrected chi connectivity index (χ0v) is 14.9. The van der Waals surface area contributed by atoms with Gasteiger partial charge in [-0.2, -0.15) is 4.98 Å². The Morgan fingerprint density at radius 3 is 2.48 bits per heavy atom. The largest absolute Gasteiger partial charge is 0.467 e. The average Bonchev–Trinajstić information content (AvgIpc) is 3.05. The second-order valence-electron chi connectivity index (χ2n) is 6.33. The van der Waals surface area contributed by atoms with Crippen molar-refractivity contribution in [2.75, 3.05) is 13.1 Å². The predicted molar refractivity (Wildman–Crippen MR) is 95.5 cm³/mol. The van der Waals surface area contributed by atoms with E-state index >= 15 is 0 Å². The van der Waals surface area contributed by atoms with Gasteiger partial charge in [0.2, 0.25) is 0 Å². The summed E-state index contributed by atoms with van der Waals surface area (Å²) in [7, 11) is 0. The van der Waals surface area contributed by atoms with E-state index in [1.165, 1.54) is 30.3 Å². The van der Waals surface area contributed by atoms with Crippen molar-refractivity contribution in [2.24, 2.45) is 0 Å². The van der Waals surface area contributed by atoms with Gasteiger partial charge < -0.3 is 9.64 Å². The van der Waals surface area contributed by atoms with Crippen LogP contribution in [0.5, 0.6) is 5.19 Å². The van der Waals surface area contributed by atoms with E-state index in [0.717, 1.165) is 17.4 Å². The number of hydrogen-bond donors (Lipinski definition) is 0. The lowest BCUT2D eigenvalue weighted by molar-refractivity contribution is 0.0595. The van der Waals surface area contributed by atoms with Gasteiger partial charge in [-0.25, -0.2) is 13.2 Å². The number of likely N-dealkylation sites (tertiary alicyclic amines) is 1. The fourth-order valence-electron chi connectivity index (χ4n) is 3.08. The molecule has 0 N–H and O–H groups in total. The molecular formula is C19H15F3N2O2S. The molecule has 0 spiro atoms. The van der Waals surface area contributed by atoms with Crippen LogP contribution < -0.4 is 4.74 Å². The van der Waals surface area contributed by atoms with Gasteiger partial charge in [-0.1, -0.05) is 11.3 Å². The van der Waals surface area contributed by atoms with Gasteiger partial charge in [0.1, 0.15) is 23.3 Å². The zero-order valence-electron chi connectivity index (χ0n) is 14.1. The Morgan fingerprint density at radius 1 is 1.07 bits per heavy atom. The molecule has 0 saturated carbocycles. The minimum Gasteiger partial charge on any atom is -0.467 e. The molecule has 1 aliphatic heterocycles. The van der Waals surface area contributed by atoms with Crippen LogP contribution in [-0.2, 0) is 0 Å². The molecule has 0 radical (unpaired) electrons. The van der Waals surface area contributed by atoms with Gasteiger partial charge in [0, 0.05) is 37.6 Å². The molecular weight excluding hydrogens is 377 g/mol. The normalized spacial score (nSPS) is 15.3. The van der Waals surface area contributed by atoms with Crippen LogP contribution >= 0.6 is 11.3 Å². The number of halogens is 3. The molecule has 0 atom stereocenters. The highest BCUT2D eigenvalue weighted by Crippen LogP contribution is 2.32. The molecule has 2 aromatic carbocycles. The number of piperidine rings is 1. The molecule has 1 aliphatic rings. The van der Waals surface area contributed by atoms with Gasteiger partial charge in [-0.3, -0.25) is 4.79 Å². The van der Waals surface area contributed by atoms with Crippen molar-refractivity contribution in [2.45, 2.75) is 18.9 Å². The Morgan fingerprint density at radius 2 is 1.78 bits per heavy atom. The van der Waals surface area contributed by atoms with Crippen LogP contribution in [0, 0.1) is 17.5 Å². The number of thiazole rings is 1. The number of rotatable bonds is 3. The summed E-state index contributed by atoms with van der Waals surface area (Å²) < 4.78 is 46.2. The predicted octanol–water partition coefficient (Wildman–Crippen LogP) is 4.40. The van der Waals surface area contributed by atoms with Crippen LogP contribution in [0.2, 0.25) is 0 Å². The number of nitrogens with zero attached hydrogens (tertiary/aromatic N) is 2. The smallest absolute Gasteiger partial charge is 0.274 e. The van der Waals surface area contributed by atoms with Crippen molar-refractivity contribution >= 4 is 27.5 Å². The minimum atomic E-state index is -0.712. The summed E-state index contributed by atoms with van der Waals surface area (Å²) in [5, 5.41) is 0.290. The van der Waals surface area contributed by atoms with E-state index in [9.17, 15) is 18.0 Å². The fourth-order valence-corrected chi connectivity index (χ4v) is 4.00. The molecule has 8 heteroatoms. The number of fused-ring (bicyclic) bond motifs is 1. The Labute approximate surface area is 157 Å². The summed E-state index contributed by atoms with van der Waals surface area (Å²) in [4.78, 5) is 18.2. The first-order chi connectivity index (χ1) is 13.0. The summed E-state index contributed by atoms with van der Waals surface area (Å²) in [6.45, 7) is 0.990. The van der Waals surface area contributed by atoms with Crippen LogP contribution in [0.25, 0.3) is 10.2 Å². The molecule has 1 amide bonds. The Hall–Kier alpha value is -2.61. The van der Waals surface area contributed by atoms with Crippen molar-refractivity contribution < 1.29 is 22.7 Å². The number of ether oxygens (including phenoxy) is 1. The number of amides is 1. The van der Waals surface area contributed by atoms with E-state index in [2.05, 4.69) is 4.98 Å². The Bertz CT molecular complexity index is 983. The third-order valence-electron chi connectivity index (χ3n) is 4.48. The summed E-state index contributed by atoms with van der Waals surface area (Å²) >= 11 is 1.10. The number of aromatic nitrogens is 1. The molecule has 4 nitrogen and oxygen atoms in total. The van der Waals surface area contributed by atoms with Crippen LogP contribution in [-0.4, -0.2) is 35.0 Å². The standard InChI is InChI=1S/C19H15F3N2O2S/c20-12-3-1-11(2-4-12)18(25)24-7-5-14(6-8-24)26-19-23-17-15(22)9-13(21)10-16(17)27-19/h1-4,9-10,14H,5-8H2. The third-order valence-corrected chi connectivity index (χ3v) is 5.37. The van der Waals surface area contributed by atoms with Crippen molar-refractivity contribution in [3.05, 3.63) is 59.4 Å². The van der Waals surface area contributed by atoms with Crippen LogP contribution in [0.4, 0.5) is 13.2 Å². The van der Waals surface area contributed by atoms with Crippen molar-refractivity contribution in [3.8, 4) is 5.19 Å². The highest BCUT2D eigenvalue weighted by Gasteiger charge is 2.25. The number of carbonyl (C=O) groups is 1.